The van der Waals surface area contributed by atoms with Crippen molar-refractivity contribution < 1.29 is 0 Å². The molecule has 2 heterocycles. The second kappa shape index (κ2) is 4.87. The standard InChI is InChI=1S/C15H15ClN4/c1-4-11-7-5-6-8-12(11)15-18-17-14-10(3)9(2)13(16)19-20(14)15/h5-8H,4H2,1-3H3. The van der Waals surface area contributed by atoms with Crippen LogP contribution in [-0.2, 0) is 6.42 Å². The van der Waals surface area contributed by atoms with Crippen LogP contribution in [0.4, 0.5) is 0 Å². The molecule has 4 nitrogen and oxygen atoms in total. The Morgan fingerprint density at radius 2 is 1.85 bits per heavy atom. The number of aryl methyl sites for hydroxylation is 2. The van der Waals surface area contributed by atoms with Crippen LogP contribution in [0.5, 0.6) is 0 Å². The topological polar surface area (TPSA) is 43.1 Å². The van der Waals surface area contributed by atoms with Crippen LogP contribution in [0.1, 0.15) is 23.6 Å². The van der Waals surface area contributed by atoms with Gasteiger partial charge in [-0.05, 0) is 31.4 Å². The highest BCUT2D eigenvalue weighted by atomic mass is 35.5. The summed E-state index contributed by atoms with van der Waals surface area (Å²) in [7, 11) is 0. The van der Waals surface area contributed by atoms with E-state index in [0.29, 0.717) is 5.15 Å². The summed E-state index contributed by atoms with van der Waals surface area (Å²) in [6.45, 7) is 6.05. The molecule has 3 rings (SSSR count). The van der Waals surface area contributed by atoms with Crippen molar-refractivity contribution in [2.75, 3.05) is 0 Å². The molecule has 0 unspecified atom stereocenters. The van der Waals surface area contributed by atoms with Gasteiger partial charge in [-0.25, -0.2) is 0 Å². The SMILES string of the molecule is CCc1ccccc1-c1nnc2c(C)c(C)c(Cl)nn12. The van der Waals surface area contributed by atoms with Crippen molar-refractivity contribution in [1.29, 1.82) is 0 Å². The molecule has 0 spiro atoms. The van der Waals surface area contributed by atoms with E-state index in [1.165, 1.54) is 5.56 Å². The lowest BCUT2D eigenvalue weighted by Crippen LogP contribution is -2.01. The average molecular weight is 287 g/mol. The van der Waals surface area contributed by atoms with Gasteiger partial charge in [0.25, 0.3) is 0 Å². The highest BCUT2D eigenvalue weighted by Crippen LogP contribution is 2.26. The Morgan fingerprint density at radius 1 is 1.10 bits per heavy atom. The van der Waals surface area contributed by atoms with E-state index in [1.54, 1.807) is 4.52 Å². The molecular weight excluding hydrogens is 272 g/mol. The molecule has 0 bridgehead atoms. The Hall–Kier alpha value is -1.94. The molecule has 0 aliphatic rings. The maximum Gasteiger partial charge on any atom is 0.185 e. The van der Waals surface area contributed by atoms with E-state index in [2.05, 4.69) is 28.3 Å². The van der Waals surface area contributed by atoms with E-state index in [-0.39, 0.29) is 0 Å². The first kappa shape index (κ1) is 13.1. The maximum absolute atomic E-state index is 6.20. The third-order valence-electron chi connectivity index (χ3n) is 3.68. The Labute approximate surface area is 122 Å². The molecular formula is C15H15ClN4. The van der Waals surface area contributed by atoms with E-state index in [9.17, 15) is 0 Å². The summed E-state index contributed by atoms with van der Waals surface area (Å²) in [5.41, 5.74) is 4.99. The van der Waals surface area contributed by atoms with E-state index >= 15 is 0 Å². The molecule has 5 heteroatoms. The average Bonchev–Trinajstić information content (AvgIpc) is 2.88. The van der Waals surface area contributed by atoms with Crippen molar-refractivity contribution in [2.24, 2.45) is 0 Å². The summed E-state index contributed by atoms with van der Waals surface area (Å²) in [6.07, 6.45) is 0.934. The summed E-state index contributed by atoms with van der Waals surface area (Å²) in [5.74, 6) is 0.738. The summed E-state index contributed by atoms with van der Waals surface area (Å²) >= 11 is 6.20. The lowest BCUT2D eigenvalue weighted by molar-refractivity contribution is 0.916. The van der Waals surface area contributed by atoms with Gasteiger partial charge < -0.3 is 0 Å². The van der Waals surface area contributed by atoms with Gasteiger partial charge in [-0.3, -0.25) is 0 Å². The smallest absolute Gasteiger partial charge is 0.185 e. The van der Waals surface area contributed by atoms with Gasteiger partial charge >= 0.3 is 0 Å². The summed E-state index contributed by atoms with van der Waals surface area (Å²) < 4.78 is 1.74. The second-order valence-electron chi connectivity index (χ2n) is 4.81. The van der Waals surface area contributed by atoms with Crippen molar-refractivity contribution in [3.63, 3.8) is 0 Å². The lowest BCUT2D eigenvalue weighted by atomic mass is 10.1. The highest BCUT2D eigenvalue weighted by Gasteiger charge is 2.16. The van der Waals surface area contributed by atoms with Gasteiger partial charge in [0.15, 0.2) is 16.6 Å². The summed E-state index contributed by atoms with van der Waals surface area (Å²) in [5, 5.41) is 13.5. The third kappa shape index (κ3) is 1.88. The molecule has 0 radical (unpaired) electrons. The Balaban J connectivity index is 2.33. The van der Waals surface area contributed by atoms with Gasteiger partial charge in [-0.15, -0.1) is 10.2 Å². The van der Waals surface area contributed by atoms with Crippen LogP contribution in [0.15, 0.2) is 24.3 Å². The van der Waals surface area contributed by atoms with Crippen molar-refractivity contribution in [3.8, 4) is 11.4 Å². The number of hydrogen-bond donors (Lipinski definition) is 0. The highest BCUT2D eigenvalue weighted by molar-refractivity contribution is 6.30. The first-order chi connectivity index (χ1) is 9.63. The zero-order valence-corrected chi connectivity index (χ0v) is 12.4. The molecule has 0 aliphatic heterocycles. The number of benzene rings is 1. The van der Waals surface area contributed by atoms with Gasteiger partial charge in [0, 0.05) is 11.1 Å². The monoisotopic (exact) mass is 286 g/mol. The largest absolute Gasteiger partial charge is 0.191 e. The number of hydrogen-bond acceptors (Lipinski definition) is 3. The van der Waals surface area contributed by atoms with Crippen molar-refractivity contribution in [1.82, 2.24) is 19.8 Å². The molecule has 2 aromatic heterocycles. The van der Waals surface area contributed by atoms with Crippen molar-refractivity contribution in [3.05, 3.63) is 46.1 Å². The normalized spacial score (nSPS) is 11.2. The predicted octanol–water partition coefficient (Wildman–Crippen LogP) is 3.62. The second-order valence-corrected chi connectivity index (χ2v) is 5.17. The number of aromatic nitrogens is 4. The van der Waals surface area contributed by atoms with E-state index in [1.807, 2.05) is 32.0 Å². The quantitative estimate of drug-likeness (QED) is 0.722. The van der Waals surface area contributed by atoms with E-state index in [0.717, 1.165) is 34.6 Å². The Morgan fingerprint density at radius 3 is 2.60 bits per heavy atom. The van der Waals surface area contributed by atoms with Crippen LogP contribution in [0.25, 0.3) is 17.0 Å². The fraction of sp³-hybridized carbons (Fsp3) is 0.267. The van der Waals surface area contributed by atoms with Gasteiger partial charge in [-0.1, -0.05) is 42.8 Å². The molecule has 3 aromatic rings. The minimum absolute atomic E-state index is 0.491. The predicted molar refractivity (Wildman–Crippen MR) is 80.1 cm³/mol. The molecule has 0 aliphatic carbocycles. The minimum Gasteiger partial charge on any atom is -0.191 e. The van der Waals surface area contributed by atoms with Crippen molar-refractivity contribution in [2.45, 2.75) is 27.2 Å². The molecule has 20 heavy (non-hydrogen) atoms. The van der Waals surface area contributed by atoms with Gasteiger partial charge in [-0.2, -0.15) is 9.61 Å². The fourth-order valence-corrected chi connectivity index (χ4v) is 2.53. The van der Waals surface area contributed by atoms with Gasteiger partial charge in [0.1, 0.15) is 0 Å². The van der Waals surface area contributed by atoms with E-state index in [4.69, 9.17) is 11.6 Å². The van der Waals surface area contributed by atoms with Gasteiger partial charge in [0.05, 0.1) is 0 Å². The number of nitrogens with zero attached hydrogens (tertiary/aromatic N) is 4. The zero-order chi connectivity index (χ0) is 14.3. The molecule has 102 valence electrons. The zero-order valence-electron chi connectivity index (χ0n) is 11.7. The van der Waals surface area contributed by atoms with Gasteiger partial charge in [0.2, 0.25) is 0 Å². The summed E-state index contributed by atoms with van der Waals surface area (Å²) in [4.78, 5) is 0. The first-order valence-electron chi connectivity index (χ1n) is 6.60. The Kier molecular flexibility index (Phi) is 3.18. The van der Waals surface area contributed by atoms with E-state index < -0.39 is 0 Å². The molecule has 0 fully saturated rings. The van der Waals surface area contributed by atoms with Crippen LogP contribution in [0.3, 0.4) is 0 Å². The van der Waals surface area contributed by atoms with Crippen molar-refractivity contribution >= 4 is 17.2 Å². The molecule has 0 saturated heterocycles. The van der Waals surface area contributed by atoms with Crippen LogP contribution in [-0.4, -0.2) is 19.8 Å². The Bertz CT molecular complexity index is 792. The van der Waals surface area contributed by atoms with Crippen LogP contribution in [0.2, 0.25) is 5.15 Å². The molecule has 0 amide bonds. The third-order valence-corrected chi connectivity index (χ3v) is 4.03. The van der Waals surface area contributed by atoms with Crippen LogP contribution >= 0.6 is 11.6 Å². The first-order valence-corrected chi connectivity index (χ1v) is 6.97. The minimum atomic E-state index is 0.491. The fourth-order valence-electron chi connectivity index (χ4n) is 2.31. The number of fused-ring (bicyclic) bond motifs is 1. The van der Waals surface area contributed by atoms with Crippen LogP contribution in [0, 0.1) is 13.8 Å². The maximum atomic E-state index is 6.20. The summed E-state index contributed by atoms with van der Waals surface area (Å²) in [6, 6.07) is 8.17. The molecule has 0 saturated carbocycles. The van der Waals surface area contributed by atoms with Crippen LogP contribution < -0.4 is 0 Å². The molecule has 1 aromatic carbocycles. The number of halogens is 1. The number of rotatable bonds is 2. The molecule has 0 atom stereocenters. The lowest BCUT2D eigenvalue weighted by Gasteiger charge is -2.07. The molecule has 0 N–H and O–H groups in total.